The molecule has 2 N–H and O–H groups in total. The summed E-state index contributed by atoms with van der Waals surface area (Å²) in [6.45, 7) is 2.13. The summed E-state index contributed by atoms with van der Waals surface area (Å²) in [5.74, 6) is 0.257. The molecule has 0 unspecified atom stereocenters. The molecule has 0 radical (unpaired) electrons. The first-order valence-corrected chi connectivity index (χ1v) is 6.74. The van der Waals surface area contributed by atoms with Crippen LogP contribution in [0, 0.1) is 0 Å². The average molecular weight is 228 g/mol. The lowest BCUT2D eigenvalue weighted by atomic mass is 10.2. The van der Waals surface area contributed by atoms with E-state index in [9.17, 15) is 8.42 Å². The first kappa shape index (κ1) is 12.1. The molecule has 0 amide bonds. The highest BCUT2D eigenvalue weighted by Crippen LogP contribution is 2.10. The fraction of sp³-hybridized carbons (Fsp3) is 0.500. The van der Waals surface area contributed by atoms with Crippen LogP contribution in [0.1, 0.15) is 24.6 Å². The SMILES string of the molecule is CCCS(=O)(=O)Cc1cccnc1CN. The Morgan fingerprint density at radius 1 is 1.47 bits per heavy atom. The Balaban J connectivity index is 2.89. The molecule has 4 nitrogen and oxygen atoms in total. The number of pyridine rings is 1. The van der Waals surface area contributed by atoms with E-state index in [0.29, 0.717) is 17.7 Å². The van der Waals surface area contributed by atoms with Crippen LogP contribution in [0.4, 0.5) is 0 Å². The lowest BCUT2D eigenvalue weighted by Gasteiger charge is -2.06. The molecule has 5 heteroatoms. The van der Waals surface area contributed by atoms with Gasteiger partial charge in [0.15, 0.2) is 9.84 Å². The van der Waals surface area contributed by atoms with Crippen molar-refractivity contribution >= 4 is 9.84 Å². The van der Waals surface area contributed by atoms with Gasteiger partial charge in [0.05, 0.1) is 17.2 Å². The van der Waals surface area contributed by atoms with Gasteiger partial charge in [0.25, 0.3) is 0 Å². The minimum atomic E-state index is -3.01. The third kappa shape index (κ3) is 3.60. The Labute approximate surface area is 90.4 Å². The van der Waals surface area contributed by atoms with Gasteiger partial charge in [0.2, 0.25) is 0 Å². The van der Waals surface area contributed by atoms with Gasteiger partial charge in [0.1, 0.15) is 0 Å². The van der Waals surface area contributed by atoms with Crippen LogP contribution >= 0.6 is 0 Å². The molecule has 0 spiro atoms. The van der Waals surface area contributed by atoms with Crippen molar-refractivity contribution in [1.82, 2.24) is 4.98 Å². The smallest absolute Gasteiger partial charge is 0.154 e. The first-order valence-electron chi connectivity index (χ1n) is 4.92. The van der Waals surface area contributed by atoms with E-state index in [-0.39, 0.29) is 18.1 Å². The standard InChI is InChI=1S/C10H16N2O2S/c1-2-6-15(13,14)8-9-4-3-5-12-10(9)7-11/h3-5H,2,6-8,11H2,1H3. The van der Waals surface area contributed by atoms with Gasteiger partial charge in [-0.15, -0.1) is 0 Å². The molecule has 0 saturated heterocycles. The number of rotatable bonds is 5. The van der Waals surface area contributed by atoms with E-state index < -0.39 is 9.84 Å². The van der Waals surface area contributed by atoms with E-state index in [2.05, 4.69) is 4.98 Å². The molecule has 0 bridgehead atoms. The Bertz CT molecular complexity index is 415. The predicted octanol–water partition coefficient (Wildman–Crippen LogP) is 0.865. The summed E-state index contributed by atoms with van der Waals surface area (Å²) < 4.78 is 23.2. The van der Waals surface area contributed by atoms with Gasteiger partial charge in [0, 0.05) is 12.7 Å². The quantitative estimate of drug-likeness (QED) is 0.811. The molecule has 0 fully saturated rings. The molecule has 0 atom stereocenters. The van der Waals surface area contributed by atoms with Gasteiger partial charge in [-0.25, -0.2) is 8.42 Å². The second kappa shape index (κ2) is 5.23. The van der Waals surface area contributed by atoms with Gasteiger partial charge in [-0.3, -0.25) is 4.98 Å². The Morgan fingerprint density at radius 3 is 2.80 bits per heavy atom. The van der Waals surface area contributed by atoms with Crippen molar-refractivity contribution in [2.24, 2.45) is 5.73 Å². The van der Waals surface area contributed by atoms with Gasteiger partial charge >= 0.3 is 0 Å². The van der Waals surface area contributed by atoms with Crippen LogP contribution in [-0.4, -0.2) is 19.2 Å². The van der Waals surface area contributed by atoms with Crippen LogP contribution in [0.15, 0.2) is 18.3 Å². The fourth-order valence-corrected chi connectivity index (χ4v) is 2.91. The van der Waals surface area contributed by atoms with Crippen LogP contribution in [0.25, 0.3) is 0 Å². The van der Waals surface area contributed by atoms with Crippen LogP contribution < -0.4 is 5.73 Å². The van der Waals surface area contributed by atoms with Crippen molar-refractivity contribution in [2.45, 2.75) is 25.6 Å². The molecule has 1 heterocycles. The first-order chi connectivity index (χ1) is 7.09. The summed E-state index contributed by atoms with van der Waals surface area (Å²) >= 11 is 0. The summed E-state index contributed by atoms with van der Waals surface area (Å²) in [6, 6.07) is 3.50. The summed E-state index contributed by atoms with van der Waals surface area (Å²) in [7, 11) is -3.01. The summed E-state index contributed by atoms with van der Waals surface area (Å²) in [6.07, 6.45) is 2.26. The zero-order valence-corrected chi connectivity index (χ0v) is 9.63. The van der Waals surface area contributed by atoms with E-state index in [1.54, 1.807) is 18.3 Å². The van der Waals surface area contributed by atoms with Crippen molar-refractivity contribution in [3.8, 4) is 0 Å². The maximum Gasteiger partial charge on any atom is 0.154 e. The highest BCUT2D eigenvalue weighted by molar-refractivity contribution is 7.90. The van der Waals surface area contributed by atoms with E-state index in [1.165, 1.54) is 0 Å². The van der Waals surface area contributed by atoms with E-state index >= 15 is 0 Å². The summed E-state index contributed by atoms with van der Waals surface area (Å²) in [5, 5.41) is 0. The minimum absolute atomic E-state index is 0.0429. The second-order valence-corrected chi connectivity index (χ2v) is 5.59. The van der Waals surface area contributed by atoms with Crippen LogP contribution in [0.3, 0.4) is 0 Å². The number of hydrogen-bond acceptors (Lipinski definition) is 4. The largest absolute Gasteiger partial charge is 0.325 e. The van der Waals surface area contributed by atoms with Crippen molar-refractivity contribution in [2.75, 3.05) is 5.75 Å². The lowest BCUT2D eigenvalue weighted by Crippen LogP contribution is -2.12. The van der Waals surface area contributed by atoms with Crippen molar-refractivity contribution in [1.29, 1.82) is 0 Å². The van der Waals surface area contributed by atoms with Gasteiger partial charge in [-0.05, 0) is 18.1 Å². The van der Waals surface area contributed by atoms with Crippen molar-refractivity contribution in [3.63, 3.8) is 0 Å². The van der Waals surface area contributed by atoms with Gasteiger partial charge < -0.3 is 5.73 Å². The molecule has 1 aromatic heterocycles. The average Bonchev–Trinajstić information content (AvgIpc) is 2.17. The van der Waals surface area contributed by atoms with E-state index in [1.807, 2.05) is 6.92 Å². The molecule has 0 aliphatic heterocycles. The number of hydrogen-bond donors (Lipinski definition) is 1. The Hall–Kier alpha value is -0.940. The predicted molar refractivity (Wildman–Crippen MR) is 59.9 cm³/mol. The number of nitrogens with two attached hydrogens (primary N) is 1. The lowest BCUT2D eigenvalue weighted by molar-refractivity contribution is 0.593. The summed E-state index contributed by atoms with van der Waals surface area (Å²) in [4.78, 5) is 4.05. The third-order valence-electron chi connectivity index (χ3n) is 2.07. The summed E-state index contributed by atoms with van der Waals surface area (Å²) in [5.41, 5.74) is 6.87. The third-order valence-corrected chi connectivity index (χ3v) is 3.85. The molecule has 0 aromatic carbocycles. The molecular formula is C10H16N2O2S. The molecule has 15 heavy (non-hydrogen) atoms. The highest BCUT2D eigenvalue weighted by Gasteiger charge is 2.13. The molecule has 0 aliphatic carbocycles. The topological polar surface area (TPSA) is 73.0 Å². The van der Waals surface area contributed by atoms with Gasteiger partial charge in [-0.1, -0.05) is 13.0 Å². The number of aromatic nitrogens is 1. The number of nitrogens with zero attached hydrogens (tertiary/aromatic N) is 1. The van der Waals surface area contributed by atoms with E-state index in [0.717, 1.165) is 0 Å². The van der Waals surface area contributed by atoms with Crippen molar-refractivity contribution in [3.05, 3.63) is 29.6 Å². The minimum Gasteiger partial charge on any atom is -0.325 e. The van der Waals surface area contributed by atoms with Crippen LogP contribution in [0.5, 0.6) is 0 Å². The Kier molecular flexibility index (Phi) is 4.23. The molecule has 84 valence electrons. The van der Waals surface area contributed by atoms with Crippen molar-refractivity contribution < 1.29 is 8.42 Å². The number of sulfone groups is 1. The van der Waals surface area contributed by atoms with Gasteiger partial charge in [-0.2, -0.15) is 0 Å². The maximum atomic E-state index is 11.6. The molecular weight excluding hydrogens is 212 g/mol. The Morgan fingerprint density at radius 2 is 2.20 bits per heavy atom. The highest BCUT2D eigenvalue weighted by atomic mass is 32.2. The van der Waals surface area contributed by atoms with Crippen LogP contribution in [0.2, 0.25) is 0 Å². The monoisotopic (exact) mass is 228 g/mol. The second-order valence-electron chi connectivity index (χ2n) is 3.41. The van der Waals surface area contributed by atoms with E-state index in [4.69, 9.17) is 5.73 Å². The molecule has 0 aliphatic rings. The molecule has 1 rings (SSSR count). The normalized spacial score (nSPS) is 11.6. The molecule has 0 saturated carbocycles. The zero-order valence-electron chi connectivity index (χ0n) is 8.81. The zero-order chi connectivity index (χ0) is 11.3. The molecule has 1 aromatic rings. The fourth-order valence-electron chi connectivity index (χ4n) is 1.41. The maximum absolute atomic E-state index is 11.6. The van der Waals surface area contributed by atoms with Crippen LogP contribution in [-0.2, 0) is 22.1 Å².